The Kier molecular flexibility index (Phi) is 10.9. The van der Waals surface area contributed by atoms with E-state index in [4.69, 9.17) is 32.7 Å². The molecule has 5 rings (SSSR count). The Labute approximate surface area is 263 Å². The number of nitrogens with zero attached hydrogens (tertiary/aromatic N) is 4. The van der Waals surface area contributed by atoms with Gasteiger partial charge in [0.05, 0.1) is 47.0 Å². The average molecular weight is 631 g/mol. The molecule has 0 radical (unpaired) electrons. The highest BCUT2D eigenvalue weighted by Gasteiger charge is 2.23. The van der Waals surface area contributed by atoms with E-state index in [1.54, 1.807) is 12.1 Å². The van der Waals surface area contributed by atoms with Gasteiger partial charge >= 0.3 is 0 Å². The molecule has 0 spiro atoms. The molecule has 0 saturated carbocycles. The van der Waals surface area contributed by atoms with Crippen LogP contribution in [0.5, 0.6) is 5.75 Å². The van der Waals surface area contributed by atoms with Crippen LogP contribution >= 0.6 is 23.2 Å². The minimum Gasteiger partial charge on any atom is -0.489 e. The highest BCUT2D eigenvalue weighted by atomic mass is 35.5. The molecular weight excluding hydrogens is 589 g/mol. The van der Waals surface area contributed by atoms with Gasteiger partial charge in [-0.05, 0) is 50.6 Å². The molecule has 1 aromatic heterocycles. The number of aromatic nitrogens is 1. The number of piperazine rings is 1. The van der Waals surface area contributed by atoms with E-state index in [0.717, 1.165) is 67.9 Å². The summed E-state index contributed by atoms with van der Waals surface area (Å²) in [6, 6.07) is 11.2. The number of hydrogen-bond acceptors (Lipinski definition) is 6. The summed E-state index contributed by atoms with van der Waals surface area (Å²) >= 11 is 12.2. The van der Waals surface area contributed by atoms with Crippen LogP contribution in [0.2, 0.25) is 10.0 Å². The molecule has 2 aliphatic heterocycles. The fourth-order valence-electron chi connectivity index (χ4n) is 5.70. The van der Waals surface area contributed by atoms with Gasteiger partial charge in [0.25, 0.3) is 5.91 Å². The topological polar surface area (TPSA) is 79.3 Å². The lowest BCUT2D eigenvalue weighted by atomic mass is 10.1. The zero-order valence-corrected chi connectivity index (χ0v) is 26.5. The molecule has 2 saturated heterocycles. The van der Waals surface area contributed by atoms with Crippen molar-refractivity contribution in [3.05, 3.63) is 63.8 Å². The Bertz CT molecular complexity index is 1410. The number of ether oxygens (including phenoxy) is 2. The Balaban J connectivity index is 1.20. The van der Waals surface area contributed by atoms with E-state index >= 15 is 0 Å². The summed E-state index contributed by atoms with van der Waals surface area (Å²) in [7, 11) is 0. The van der Waals surface area contributed by atoms with Crippen LogP contribution < -0.4 is 10.1 Å². The van der Waals surface area contributed by atoms with Gasteiger partial charge in [-0.3, -0.25) is 14.5 Å². The Morgan fingerprint density at radius 3 is 2.42 bits per heavy atom. The molecule has 43 heavy (non-hydrogen) atoms. The lowest BCUT2D eigenvalue weighted by molar-refractivity contribution is -0.136. The van der Waals surface area contributed by atoms with Gasteiger partial charge in [-0.2, -0.15) is 0 Å². The van der Waals surface area contributed by atoms with E-state index in [9.17, 15) is 9.59 Å². The number of nitrogens with one attached hydrogen (secondary N) is 1. The van der Waals surface area contributed by atoms with Gasteiger partial charge in [-0.25, -0.2) is 0 Å². The number of morpholine rings is 1. The fraction of sp³-hybridized carbons (Fsp3) is 0.500. The summed E-state index contributed by atoms with van der Waals surface area (Å²) in [5.41, 5.74) is 2.42. The summed E-state index contributed by atoms with van der Waals surface area (Å²) in [4.78, 5) is 32.6. The van der Waals surface area contributed by atoms with Crippen LogP contribution in [0.3, 0.4) is 0 Å². The molecule has 2 amide bonds. The second-order valence-corrected chi connectivity index (χ2v) is 12.3. The number of halogens is 2. The minimum atomic E-state index is -0.153. The van der Waals surface area contributed by atoms with Crippen molar-refractivity contribution in [3.63, 3.8) is 0 Å². The van der Waals surface area contributed by atoms with E-state index in [1.165, 1.54) is 0 Å². The maximum atomic E-state index is 13.4. The molecule has 2 fully saturated rings. The number of carbonyl (C=O) groups is 2. The summed E-state index contributed by atoms with van der Waals surface area (Å²) < 4.78 is 13.7. The first kappa shape index (κ1) is 31.6. The van der Waals surface area contributed by atoms with Crippen LogP contribution in [-0.4, -0.2) is 103 Å². The number of benzene rings is 2. The summed E-state index contributed by atoms with van der Waals surface area (Å²) in [6.07, 6.45) is 2.88. The standard InChI is InChI=1S/C32H41Cl2N5O4/c1-23(2)43-29-6-3-5-25-26(32(41)35-20-24-7-8-27(33)28(34)19-24)21-39(31(25)29)10-4-9-36-11-13-37(14-12-36)22-30(40)38-15-17-42-18-16-38/h3,5-8,19,21,23H,4,9-18,20,22H2,1-2H3,(H,35,41). The number of hydrogen-bond donors (Lipinski definition) is 1. The third-order valence-electron chi connectivity index (χ3n) is 7.97. The molecule has 9 nitrogen and oxygen atoms in total. The van der Waals surface area contributed by atoms with E-state index in [0.29, 0.717) is 55.0 Å². The van der Waals surface area contributed by atoms with Crippen molar-refractivity contribution in [1.82, 2.24) is 24.6 Å². The van der Waals surface area contributed by atoms with Crippen LogP contribution in [0.4, 0.5) is 0 Å². The minimum absolute atomic E-state index is 0.00676. The van der Waals surface area contributed by atoms with E-state index in [1.807, 2.05) is 49.2 Å². The predicted molar refractivity (Wildman–Crippen MR) is 170 cm³/mol. The second-order valence-electron chi connectivity index (χ2n) is 11.5. The van der Waals surface area contributed by atoms with Crippen LogP contribution in [0.25, 0.3) is 10.9 Å². The van der Waals surface area contributed by atoms with Gasteiger partial charge in [0, 0.05) is 63.9 Å². The number of amides is 2. The van der Waals surface area contributed by atoms with Crippen LogP contribution in [0.1, 0.15) is 36.2 Å². The number of fused-ring (bicyclic) bond motifs is 1. The Morgan fingerprint density at radius 2 is 1.70 bits per heavy atom. The number of para-hydroxylation sites is 1. The first-order valence-corrected chi connectivity index (χ1v) is 15.8. The molecule has 0 aliphatic carbocycles. The fourth-order valence-corrected chi connectivity index (χ4v) is 6.02. The van der Waals surface area contributed by atoms with Gasteiger partial charge in [0.1, 0.15) is 5.75 Å². The molecule has 0 unspecified atom stereocenters. The van der Waals surface area contributed by atoms with Gasteiger partial charge in [-0.15, -0.1) is 0 Å². The molecule has 11 heteroatoms. The van der Waals surface area contributed by atoms with Crippen molar-refractivity contribution in [3.8, 4) is 5.75 Å². The molecular formula is C32H41Cl2N5O4. The lowest BCUT2D eigenvalue weighted by Gasteiger charge is -2.36. The smallest absolute Gasteiger partial charge is 0.253 e. The molecule has 232 valence electrons. The normalized spacial score (nSPS) is 16.6. The van der Waals surface area contributed by atoms with Gasteiger partial charge < -0.3 is 29.2 Å². The van der Waals surface area contributed by atoms with Gasteiger partial charge in [0.2, 0.25) is 5.91 Å². The highest BCUT2D eigenvalue weighted by Crippen LogP contribution is 2.31. The third-order valence-corrected chi connectivity index (χ3v) is 8.71. The Morgan fingerprint density at radius 1 is 0.953 bits per heavy atom. The van der Waals surface area contributed by atoms with E-state index < -0.39 is 0 Å². The Hall–Kier alpha value is -2.82. The third kappa shape index (κ3) is 8.22. The summed E-state index contributed by atoms with van der Waals surface area (Å²) in [5.74, 6) is 0.821. The number of carbonyl (C=O) groups excluding carboxylic acids is 2. The molecule has 2 aromatic carbocycles. The van der Waals surface area contributed by atoms with Crippen molar-refractivity contribution >= 4 is 45.9 Å². The van der Waals surface area contributed by atoms with Crippen molar-refractivity contribution in [2.24, 2.45) is 0 Å². The van der Waals surface area contributed by atoms with Gasteiger partial charge in [-0.1, -0.05) is 41.4 Å². The summed E-state index contributed by atoms with van der Waals surface area (Å²) in [5, 5.41) is 4.84. The summed E-state index contributed by atoms with van der Waals surface area (Å²) in [6.45, 7) is 12.8. The average Bonchev–Trinajstić information content (AvgIpc) is 3.38. The zero-order valence-electron chi connectivity index (χ0n) is 25.0. The largest absolute Gasteiger partial charge is 0.489 e. The maximum Gasteiger partial charge on any atom is 0.253 e. The molecule has 1 N–H and O–H groups in total. The molecule has 0 bridgehead atoms. The number of rotatable bonds is 11. The molecule has 3 aromatic rings. The van der Waals surface area contributed by atoms with Crippen molar-refractivity contribution in [2.75, 3.05) is 65.6 Å². The number of aryl methyl sites for hydroxylation is 1. The molecule has 2 aliphatic rings. The SMILES string of the molecule is CC(C)Oc1cccc2c(C(=O)NCc3ccc(Cl)c(Cl)c3)cn(CCCN3CCN(CC(=O)N4CCOCC4)CC3)c12. The first-order chi connectivity index (χ1) is 20.8. The van der Waals surface area contributed by atoms with E-state index in [-0.39, 0.29) is 17.9 Å². The molecule has 0 atom stereocenters. The van der Waals surface area contributed by atoms with Crippen molar-refractivity contribution in [1.29, 1.82) is 0 Å². The zero-order chi connectivity index (χ0) is 30.3. The van der Waals surface area contributed by atoms with E-state index in [2.05, 4.69) is 19.7 Å². The first-order valence-electron chi connectivity index (χ1n) is 15.1. The lowest BCUT2D eigenvalue weighted by Crippen LogP contribution is -2.51. The molecule has 3 heterocycles. The van der Waals surface area contributed by atoms with Crippen LogP contribution in [0.15, 0.2) is 42.6 Å². The highest BCUT2D eigenvalue weighted by molar-refractivity contribution is 6.42. The van der Waals surface area contributed by atoms with Crippen LogP contribution in [0, 0.1) is 0 Å². The van der Waals surface area contributed by atoms with Crippen LogP contribution in [-0.2, 0) is 22.6 Å². The predicted octanol–water partition coefficient (Wildman–Crippen LogP) is 4.53. The van der Waals surface area contributed by atoms with Crippen molar-refractivity contribution < 1.29 is 19.1 Å². The van der Waals surface area contributed by atoms with Gasteiger partial charge in [0.15, 0.2) is 0 Å². The second kappa shape index (κ2) is 14.8. The van der Waals surface area contributed by atoms with Crippen molar-refractivity contribution in [2.45, 2.75) is 39.5 Å². The quantitative estimate of drug-likeness (QED) is 0.336. The maximum absolute atomic E-state index is 13.4. The monoisotopic (exact) mass is 629 g/mol.